The summed E-state index contributed by atoms with van der Waals surface area (Å²) < 4.78 is 19.0. The van der Waals surface area contributed by atoms with Gasteiger partial charge in [-0.1, -0.05) is 12.1 Å². The Balaban J connectivity index is 1.42. The third-order valence-electron chi connectivity index (χ3n) is 8.08. The molecule has 9 heteroatoms. The molecule has 0 aliphatic carbocycles. The van der Waals surface area contributed by atoms with Gasteiger partial charge in [0.15, 0.2) is 5.78 Å². The monoisotopic (exact) mass is 585 g/mol. The molecular formula is C32H44FN3O4S. The van der Waals surface area contributed by atoms with Crippen LogP contribution in [-0.4, -0.2) is 70.8 Å². The van der Waals surface area contributed by atoms with Gasteiger partial charge in [-0.3, -0.25) is 9.59 Å². The summed E-state index contributed by atoms with van der Waals surface area (Å²) in [4.78, 5) is 47.4. The van der Waals surface area contributed by atoms with Crippen LogP contribution in [0.2, 0.25) is 0 Å². The molecule has 2 fully saturated rings. The van der Waals surface area contributed by atoms with Gasteiger partial charge in [0, 0.05) is 39.5 Å². The SMILES string of the molecule is CC(=O)c1sc(CC(=O)C[C@@H]2CN(C(=O)OC(C)(C)C)CC[C@H]2CN2CCC[C@@H](Cc3ccc(F)cc3)C2)nc1C. The maximum atomic E-state index is 13.4. The number of rotatable bonds is 9. The molecule has 0 saturated carbocycles. The number of likely N-dealkylation sites (tertiary alicyclic amines) is 2. The van der Waals surface area contributed by atoms with E-state index in [1.165, 1.54) is 30.4 Å². The van der Waals surface area contributed by atoms with E-state index in [0.717, 1.165) is 50.9 Å². The minimum absolute atomic E-state index is 0.0228. The Morgan fingerprint density at radius 3 is 2.46 bits per heavy atom. The van der Waals surface area contributed by atoms with Crippen LogP contribution in [0.5, 0.6) is 0 Å². The number of carbonyl (C=O) groups excluding carboxylic acids is 3. The Hall–Kier alpha value is -2.65. The van der Waals surface area contributed by atoms with Crippen LogP contribution in [0.4, 0.5) is 9.18 Å². The van der Waals surface area contributed by atoms with Crippen LogP contribution < -0.4 is 0 Å². The predicted molar refractivity (Wildman–Crippen MR) is 159 cm³/mol. The fraction of sp³-hybridized carbons (Fsp3) is 0.625. The quantitative estimate of drug-likeness (QED) is 0.330. The summed E-state index contributed by atoms with van der Waals surface area (Å²) in [5.41, 5.74) is 1.26. The summed E-state index contributed by atoms with van der Waals surface area (Å²) in [5.74, 6) is 0.671. The summed E-state index contributed by atoms with van der Waals surface area (Å²) in [5, 5.41) is 0.675. The molecule has 0 bridgehead atoms. The first kappa shape index (κ1) is 31.3. The first-order chi connectivity index (χ1) is 19.4. The minimum atomic E-state index is -0.580. The van der Waals surface area contributed by atoms with E-state index < -0.39 is 5.60 Å². The number of piperidine rings is 2. The standard InChI is InChI=1S/C32H44FN3O4S/c1-21-30(22(2)37)41-29(34-21)17-28(38)16-26-20-36(31(39)40-32(3,4)5)14-12-25(26)19-35-13-6-7-24(18-35)15-23-8-10-27(33)11-9-23/h8-11,24-26H,6-7,12-20H2,1-5H3/t24-,25-,26+/m0/s1. The first-order valence-corrected chi connectivity index (χ1v) is 15.6. The zero-order valence-electron chi connectivity index (χ0n) is 25.1. The zero-order chi connectivity index (χ0) is 29.7. The highest BCUT2D eigenvalue weighted by Crippen LogP contribution is 2.31. The lowest BCUT2D eigenvalue weighted by Gasteiger charge is -2.42. The van der Waals surface area contributed by atoms with E-state index in [1.807, 2.05) is 32.9 Å². The van der Waals surface area contributed by atoms with Crippen LogP contribution in [-0.2, 0) is 22.4 Å². The van der Waals surface area contributed by atoms with Gasteiger partial charge in [-0.25, -0.2) is 14.2 Å². The van der Waals surface area contributed by atoms with Crippen LogP contribution in [0.25, 0.3) is 0 Å². The largest absolute Gasteiger partial charge is 0.444 e. The highest BCUT2D eigenvalue weighted by Gasteiger charge is 2.36. The first-order valence-electron chi connectivity index (χ1n) is 14.8. The van der Waals surface area contributed by atoms with Gasteiger partial charge in [-0.05, 0) is 95.4 Å². The van der Waals surface area contributed by atoms with Crippen molar-refractivity contribution in [3.8, 4) is 0 Å². The second-order valence-corrected chi connectivity index (χ2v) is 13.9. The van der Waals surface area contributed by atoms with Crippen LogP contribution in [0.15, 0.2) is 24.3 Å². The summed E-state index contributed by atoms with van der Waals surface area (Å²) in [6, 6.07) is 6.82. The number of benzene rings is 1. The molecule has 1 aromatic heterocycles. The molecule has 2 aliphatic rings. The molecule has 4 rings (SSSR count). The van der Waals surface area contributed by atoms with E-state index in [-0.39, 0.29) is 41.7 Å². The Bertz CT molecular complexity index is 1220. The Morgan fingerprint density at radius 2 is 1.80 bits per heavy atom. The molecule has 0 N–H and O–H groups in total. The van der Waals surface area contributed by atoms with E-state index in [9.17, 15) is 18.8 Å². The molecule has 7 nitrogen and oxygen atoms in total. The maximum Gasteiger partial charge on any atom is 0.410 e. The Kier molecular flexibility index (Phi) is 10.3. The number of aromatic nitrogens is 1. The lowest BCUT2D eigenvalue weighted by Crippen LogP contribution is -2.50. The molecule has 3 atom stereocenters. The van der Waals surface area contributed by atoms with Crippen molar-refractivity contribution in [2.45, 2.75) is 78.7 Å². The molecule has 2 saturated heterocycles. The number of thiazole rings is 1. The molecule has 1 aromatic carbocycles. The lowest BCUT2D eigenvalue weighted by molar-refractivity contribution is -0.120. The Morgan fingerprint density at radius 1 is 1.07 bits per heavy atom. The highest BCUT2D eigenvalue weighted by atomic mass is 32.1. The number of carbonyl (C=O) groups is 3. The normalized spacial score (nSPS) is 22.0. The van der Waals surface area contributed by atoms with E-state index in [0.29, 0.717) is 41.0 Å². The fourth-order valence-corrected chi connectivity index (χ4v) is 7.19. The van der Waals surface area contributed by atoms with Gasteiger partial charge < -0.3 is 14.5 Å². The third-order valence-corrected chi connectivity index (χ3v) is 9.33. The predicted octanol–water partition coefficient (Wildman–Crippen LogP) is 6.12. The van der Waals surface area contributed by atoms with Crippen molar-refractivity contribution in [2.75, 3.05) is 32.7 Å². The summed E-state index contributed by atoms with van der Waals surface area (Å²) in [6.07, 6.45) is 4.28. The minimum Gasteiger partial charge on any atom is -0.444 e. The lowest BCUT2D eigenvalue weighted by atomic mass is 9.80. The summed E-state index contributed by atoms with van der Waals surface area (Å²) in [7, 11) is 0. The molecule has 2 aliphatic heterocycles. The number of halogens is 1. The number of hydrogen-bond donors (Lipinski definition) is 0. The number of ether oxygens (including phenoxy) is 1. The molecule has 0 spiro atoms. The molecule has 41 heavy (non-hydrogen) atoms. The van der Waals surface area contributed by atoms with Crippen LogP contribution in [0.3, 0.4) is 0 Å². The van der Waals surface area contributed by atoms with Crippen LogP contribution in [0.1, 0.15) is 79.3 Å². The number of nitrogens with zero attached hydrogens (tertiary/aromatic N) is 3. The fourth-order valence-electron chi connectivity index (χ4n) is 6.20. The molecular weight excluding hydrogens is 541 g/mol. The van der Waals surface area contributed by atoms with E-state index in [1.54, 1.807) is 11.8 Å². The van der Waals surface area contributed by atoms with Crippen LogP contribution in [0, 0.1) is 30.5 Å². The molecule has 0 unspecified atom stereocenters. The van der Waals surface area contributed by atoms with Crippen molar-refractivity contribution < 1.29 is 23.5 Å². The highest BCUT2D eigenvalue weighted by molar-refractivity contribution is 7.13. The molecule has 0 radical (unpaired) electrons. The van der Waals surface area contributed by atoms with Crippen molar-refractivity contribution in [1.82, 2.24) is 14.8 Å². The topological polar surface area (TPSA) is 79.8 Å². The van der Waals surface area contributed by atoms with Crippen molar-refractivity contribution in [2.24, 2.45) is 17.8 Å². The maximum absolute atomic E-state index is 13.4. The van der Waals surface area contributed by atoms with Gasteiger partial charge in [-0.2, -0.15) is 0 Å². The van der Waals surface area contributed by atoms with E-state index in [2.05, 4.69) is 9.88 Å². The zero-order valence-corrected chi connectivity index (χ0v) is 25.9. The van der Waals surface area contributed by atoms with Crippen molar-refractivity contribution in [1.29, 1.82) is 0 Å². The third kappa shape index (κ3) is 9.17. The average Bonchev–Trinajstić information content (AvgIpc) is 3.25. The second-order valence-electron chi connectivity index (χ2n) is 12.8. The van der Waals surface area contributed by atoms with Crippen molar-refractivity contribution in [3.05, 3.63) is 51.2 Å². The van der Waals surface area contributed by atoms with Gasteiger partial charge in [0.05, 0.1) is 17.0 Å². The summed E-state index contributed by atoms with van der Waals surface area (Å²) in [6.45, 7) is 12.9. The van der Waals surface area contributed by atoms with Gasteiger partial charge in [0.2, 0.25) is 0 Å². The molecule has 3 heterocycles. The number of aryl methyl sites for hydroxylation is 1. The smallest absolute Gasteiger partial charge is 0.410 e. The molecule has 1 amide bonds. The number of Topliss-reactive ketones (excluding diaryl/α,β-unsaturated/α-hetero) is 2. The number of ketones is 2. The molecule has 224 valence electrons. The Labute approximate surface area is 247 Å². The van der Waals surface area contributed by atoms with Gasteiger partial charge in [0.25, 0.3) is 0 Å². The van der Waals surface area contributed by atoms with E-state index in [4.69, 9.17) is 4.74 Å². The molecule has 2 aromatic rings. The van der Waals surface area contributed by atoms with Gasteiger partial charge >= 0.3 is 6.09 Å². The summed E-state index contributed by atoms with van der Waals surface area (Å²) >= 11 is 1.31. The van der Waals surface area contributed by atoms with Gasteiger partial charge in [0.1, 0.15) is 22.2 Å². The van der Waals surface area contributed by atoms with Crippen molar-refractivity contribution >= 4 is 29.0 Å². The average molecular weight is 586 g/mol. The van der Waals surface area contributed by atoms with Gasteiger partial charge in [-0.15, -0.1) is 11.3 Å². The van der Waals surface area contributed by atoms with E-state index >= 15 is 0 Å². The van der Waals surface area contributed by atoms with Crippen LogP contribution >= 0.6 is 11.3 Å². The number of amides is 1. The second kappa shape index (κ2) is 13.6. The van der Waals surface area contributed by atoms with Crippen molar-refractivity contribution in [3.63, 3.8) is 0 Å². The number of hydrogen-bond acceptors (Lipinski definition) is 7.